The largest absolute Gasteiger partial charge is 0.480 e. The molecule has 13 heteroatoms. The molecule has 0 spiro atoms. The molecule has 1 aliphatic heterocycles. The first-order valence-corrected chi connectivity index (χ1v) is 10.2. The Morgan fingerprint density at radius 1 is 1.18 bits per heavy atom. The first-order chi connectivity index (χ1) is 15.8. The van der Waals surface area contributed by atoms with Crippen LogP contribution in [0.25, 0.3) is 5.69 Å². The van der Waals surface area contributed by atoms with E-state index in [0.29, 0.717) is 18.7 Å². The van der Waals surface area contributed by atoms with Crippen molar-refractivity contribution in [1.29, 1.82) is 5.26 Å². The lowest BCUT2D eigenvalue weighted by Crippen LogP contribution is -2.33. The van der Waals surface area contributed by atoms with E-state index in [2.05, 4.69) is 10.1 Å². The number of aromatic nitrogens is 4. The fourth-order valence-electron chi connectivity index (χ4n) is 3.26. The molecule has 0 atom stereocenters. The smallest absolute Gasteiger partial charge is 0.349 e. The first-order valence-electron chi connectivity index (χ1n) is 9.47. The van der Waals surface area contributed by atoms with Crippen LogP contribution in [0.1, 0.15) is 18.5 Å². The minimum atomic E-state index is -0.907. The number of halogens is 2. The molecule has 3 aromatic rings. The molecule has 0 unspecified atom stereocenters. The van der Waals surface area contributed by atoms with E-state index < -0.39 is 16.9 Å². The summed E-state index contributed by atoms with van der Waals surface area (Å²) in [6.45, 7) is 0.530. The van der Waals surface area contributed by atoms with Crippen molar-refractivity contribution in [1.82, 2.24) is 19.7 Å². The van der Waals surface area contributed by atoms with Gasteiger partial charge in [0.15, 0.2) is 5.75 Å². The van der Waals surface area contributed by atoms with Crippen LogP contribution in [-0.4, -0.2) is 39.3 Å². The van der Waals surface area contributed by atoms with E-state index in [-0.39, 0.29) is 39.0 Å². The van der Waals surface area contributed by atoms with Crippen molar-refractivity contribution in [3.63, 3.8) is 0 Å². The molecule has 0 radical (unpaired) electrons. The summed E-state index contributed by atoms with van der Waals surface area (Å²) in [7, 11) is 1.45. The van der Waals surface area contributed by atoms with Gasteiger partial charge in [-0.25, -0.2) is 9.78 Å². The van der Waals surface area contributed by atoms with Gasteiger partial charge in [0.25, 0.3) is 5.56 Å². The highest BCUT2D eigenvalue weighted by atomic mass is 35.5. The second-order valence-corrected chi connectivity index (χ2v) is 7.63. The number of aromatic amines is 1. The Labute approximate surface area is 195 Å². The number of benzene rings is 1. The number of hydrogen-bond acceptors (Lipinski definition) is 8. The quantitative estimate of drug-likeness (QED) is 0.576. The van der Waals surface area contributed by atoms with E-state index in [1.165, 1.54) is 25.4 Å². The second-order valence-electron chi connectivity index (χ2n) is 6.82. The highest BCUT2D eigenvalue weighted by molar-refractivity contribution is 6.37. The molecule has 0 saturated carbocycles. The predicted octanol–water partition coefficient (Wildman–Crippen LogP) is 2.42. The van der Waals surface area contributed by atoms with Gasteiger partial charge in [0.2, 0.25) is 17.5 Å². The van der Waals surface area contributed by atoms with E-state index in [0.717, 1.165) is 11.1 Å². The van der Waals surface area contributed by atoms with Gasteiger partial charge >= 0.3 is 5.69 Å². The fourth-order valence-corrected chi connectivity index (χ4v) is 3.82. The number of nitriles is 1. The third-order valence-electron chi connectivity index (χ3n) is 4.75. The summed E-state index contributed by atoms with van der Waals surface area (Å²) in [5, 5.41) is 12.7. The SMILES string of the molecule is COc1ncc(Oc2c(Cl)cc(-n3nc(C#N)c(=O)[nH]c3=O)cc2Cl)cc1N1CCCC1=O. The molecule has 3 heterocycles. The van der Waals surface area contributed by atoms with Crippen molar-refractivity contribution < 1.29 is 14.3 Å². The number of pyridine rings is 1. The summed E-state index contributed by atoms with van der Waals surface area (Å²) in [4.78, 5) is 43.6. The molecule has 11 nitrogen and oxygen atoms in total. The van der Waals surface area contributed by atoms with Crippen LogP contribution >= 0.6 is 23.2 Å². The molecule has 1 saturated heterocycles. The molecule has 1 fully saturated rings. The van der Waals surface area contributed by atoms with Gasteiger partial charge in [0.05, 0.1) is 29.0 Å². The van der Waals surface area contributed by atoms with Crippen LogP contribution in [0, 0.1) is 11.3 Å². The van der Waals surface area contributed by atoms with Crippen molar-refractivity contribution in [3.05, 3.63) is 61.0 Å². The number of amides is 1. The van der Waals surface area contributed by atoms with Crippen LogP contribution in [0.15, 0.2) is 34.0 Å². The van der Waals surface area contributed by atoms with Gasteiger partial charge in [-0.1, -0.05) is 23.2 Å². The van der Waals surface area contributed by atoms with Gasteiger partial charge in [-0.2, -0.15) is 9.94 Å². The Bertz CT molecular complexity index is 1400. The van der Waals surface area contributed by atoms with Gasteiger partial charge in [-0.3, -0.25) is 14.6 Å². The van der Waals surface area contributed by atoms with Crippen molar-refractivity contribution >= 4 is 34.8 Å². The van der Waals surface area contributed by atoms with Crippen LogP contribution in [0.2, 0.25) is 10.0 Å². The standard InChI is InChI=1S/C20H14Cl2N6O5/c1-32-19-15(27-4-2-3-16(27)29)7-11(9-24-19)33-17-12(21)5-10(6-13(17)22)28-20(31)25-18(30)14(8-23)26-28/h5-7,9H,2-4H2,1H3,(H,25,30,31). The number of carbonyl (C=O) groups excluding carboxylic acids is 1. The maximum atomic E-state index is 12.2. The van der Waals surface area contributed by atoms with E-state index in [1.54, 1.807) is 17.0 Å². The third-order valence-corrected chi connectivity index (χ3v) is 5.31. The predicted molar refractivity (Wildman–Crippen MR) is 118 cm³/mol. The fraction of sp³-hybridized carbons (Fsp3) is 0.200. The number of nitrogens with zero attached hydrogens (tertiary/aromatic N) is 5. The molecule has 1 aromatic carbocycles. The lowest BCUT2D eigenvalue weighted by molar-refractivity contribution is -0.117. The lowest BCUT2D eigenvalue weighted by atomic mass is 10.3. The van der Waals surface area contributed by atoms with E-state index in [1.807, 2.05) is 4.98 Å². The monoisotopic (exact) mass is 488 g/mol. The molecule has 1 aliphatic rings. The number of ether oxygens (including phenoxy) is 2. The van der Waals surface area contributed by atoms with Crippen LogP contribution in [-0.2, 0) is 4.79 Å². The average molecular weight is 489 g/mol. The topological polar surface area (TPSA) is 143 Å². The second kappa shape index (κ2) is 8.93. The Morgan fingerprint density at radius 2 is 1.91 bits per heavy atom. The van der Waals surface area contributed by atoms with Crippen LogP contribution in [0.3, 0.4) is 0 Å². The number of hydrogen-bond donors (Lipinski definition) is 1. The van der Waals surface area contributed by atoms with Crippen LogP contribution in [0.4, 0.5) is 5.69 Å². The highest BCUT2D eigenvalue weighted by Crippen LogP contribution is 2.40. The van der Waals surface area contributed by atoms with Crippen molar-refractivity contribution in [3.8, 4) is 29.1 Å². The number of carbonyl (C=O) groups is 1. The van der Waals surface area contributed by atoms with Gasteiger partial charge in [0, 0.05) is 19.0 Å². The molecular weight excluding hydrogens is 475 g/mol. The molecule has 33 heavy (non-hydrogen) atoms. The molecule has 4 rings (SSSR count). The minimum absolute atomic E-state index is 0.0190. The van der Waals surface area contributed by atoms with E-state index >= 15 is 0 Å². The highest BCUT2D eigenvalue weighted by Gasteiger charge is 2.26. The molecule has 1 amide bonds. The lowest BCUT2D eigenvalue weighted by Gasteiger charge is -2.19. The van der Waals surface area contributed by atoms with Crippen molar-refractivity contribution in [2.45, 2.75) is 12.8 Å². The number of methoxy groups -OCH3 is 1. The van der Waals surface area contributed by atoms with Crippen LogP contribution in [0.5, 0.6) is 17.4 Å². The summed E-state index contributed by atoms with van der Waals surface area (Å²) in [5.74, 6) is 0.518. The molecule has 0 bridgehead atoms. The summed E-state index contributed by atoms with van der Waals surface area (Å²) < 4.78 is 11.9. The molecule has 168 valence electrons. The molecular formula is C20H14Cl2N6O5. The zero-order valence-corrected chi connectivity index (χ0v) is 18.5. The minimum Gasteiger partial charge on any atom is -0.480 e. The molecule has 0 aliphatic carbocycles. The number of anilines is 1. The number of rotatable bonds is 5. The Morgan fingerprint density at radius 3 is 2.52 bits per heavy atom. The van der Waals surface area contributed by atoms with Crippen LogP contribution < -0.4 is 25.6 Å². The molecule has 1 N–H and O–H groups in total. The molecule has 2 aromatic heterocycles. The summed E-state index contributed by atoms with van der Waals surface area (Å²) in [6.07, 6.45) is 2.54. The zero-order chi connectivity index (χ0) is 23.7. The third kappa shape index (κ3) is 4.26. The Balaban J connectivity index is 1.71. The van der Waals surface area contributed by atoms with Crippen molar-refractivity contribution in [2.75, 3.05) is 18.6 Å². The van der Waals surface area contributed by atoms with Gasteiger partial charge in [-0.05, 0) is 18.6 Å². The Hall–Kier alpha value is -3.88. The summed E-state index contributed by atoms with van der Waals surface area (Å²) in [6, 6.07) is 5.85. The normalized spacial score (nSPS) is 13.2. The van der Waals surface area contributed by atoms with E-state index in [9.17, 15) is 14.4 Å². The maximum Gasteiger partial charge on any atom is 0.349 e. The Kier molecular flexibility index (Phi) is 6.04. The first kappa shape index (κ1) is 22.3. The number of H-pyrrole nitrogens is 1. The average Bonchev–Trinajstić information content (AvgIpc) is 3.21. The zero-order valence-electron chi connectivity index (χ0n) is 17.0. The van der Waals surface area contributed by atoms with Gasteiger partial charge in [-0.15, -0.1) is 5.10 Å². The summed E-state index contributed by atoms with van der Waals surface area (Å²) in [5.41, 5.74) is -1.73. The number of nitrogens with one attached hydrogen (secondary N) is 1. The van der Waals surface area contributed by atoms with E-state index in [4.69, 9.17) is 37.9 Å². The summed E-state index contributed by atoms with van der Waals surface area (Å²) >= 11 is 12.7. The van der Waals surface area contributed by atoms with Gasteiger partial charge < -0.3 is 14.4 Å². The van der Waals surface area contributed by atoms with Gasteiger partial charge in [0.1, 0.15) is 17.5 Å². The maximum absolute atomic E-state index is 12.2. The van der Waals surface area contributed by atoms with Crippen molar-refractivity contribution in [2.24, 2.45) is 0 Å².